The lowest BCUT2D eigenvalue weighted by atomic mass is 10.1. The molecule has 24 heavy (non-hydrogen) atoms. The van der Waals surface area contributed by atoms with Crippen LogP contribution >= 0.6 is 24.0 Å². The number of guanidine groups is 1. The molecule has 0 radical (unpaired) electrons. The Morgan fingerprint density at radius 3 is 2.75 bits per heavy atom. The van der Waals surface area contributed by atoms with Crippen LogP contribution in [0.1, 0.15) is 63.7 Å². The Morgan fingerprint density at radius 1 is 1.29 bits per heavy atom. The third-order valence-electron chi connectivity index (χ3n) is 4.47. The smallest absolute Gasteiger partial charge is 0.188 e. The van der Waals surface area contributed by atoms with Gasteiger partial charge in [0.25, 0.3) is 0 Å². The van der Waals surface area contributed by atoms with Gasteiger partial charge in [-0.1, -0.05) is 32.6 Å². The lowest BCUT2D eigenvalue weighted by molar-refractivity contribution is 0.150. The van der Waals surface area contributed by atoms with Gasteiger partial charge in [0.05, 0.1) is 18.8 Å². The van der Waals surface area contributed by atoms with Gasteiger partial charge in [-0.2, -0.15) is 0 Å². The maximum atomic E-state index is 6.01. The number of hydrogen-bond donors (Lipinski definition) is 2. The molecule has 0 aromatic carbocycles. The molecule has 2 rings (SSSR count). The van der Waals surface area contributed by atoms with Gasteiger partial charge in [0.2, 0.25) is 0 Å². The molecule has 138 valence electrons. The highest BCUT2D eigenvalue weighted by Gasteiger charge is 2.24. The lowest BCUT2D eigenvalue weighted by Gasteiger charge is -2.32. The van der Waals surface area contributed by atoms with Gasteiger partial charge < -0.3 is 15.5 Å². The summed E-state index contributed by atoms with van der Waals surface area (Å²) in [5.74, 6) is 1.54. The van der Waals surface area contributed by atoms with Crippen LogP contribution in [0.3, 0.4) is 0 Å². The Bertz CT molecular complexity index is 444. The van der Waals surface area contributed by atoms with E-state index < -0.39 is 0 Å². The highest BCUT2D eigenvalue weighted by molar-refractivity contribution is 14.0. The number of likely N-dealkylation sites (tertiary alicyclic amines) is 1. The Hall–Kier alpha value is -0.760. The van der Waals surface area contributed by atoms with E-state index in [1.165, 1.54) is 38.5 Å². The van der Waals surface area contributed by atoms with Crippen molar-refractivity contribution in [3.63, 3.8) is 0 Å². The van der Waals surface area contributed by atoms with E-state index in [1.807, 2.05) is 12.1 Å². The third kappa shape index (κ3) is 7.42. The Labute approximate surface area is 163 Å². The molecule has 1 fully saturated rings. The highest BCUT2D eigenvalue weighted by Crippen LogP contribution is 2.25. The molecule has 1 saturated heterocycles. The predicted octanol–water partition coefficient (Wildman–Crippen LogP) is 3.91. The molecule has 1 aromatic rings. The average molecular weight is 448 g/mol. The van der Waals surface area contributed by atoms with E-state index in [-0.39, 0.29) is 30.0 Å². The summed E-state index contributed by atoms with van der Waals surface area (Å²) >= 11 is 0. The van der Waals surface area contributed by atoms with Crippen LogP contribution in [0, 0.1) is 0 Å². The molecule has 2 heterocycles. The monoisotopic (exact) mass is 448 g/mol. The van der Waals surface area contributed by atoms with E-state index in [0.29, 0.717) is 12.5 Å². The van der Waals surface area contributed by atoms with E-state index in [1.54, 1.807) is 6.26 Å². The maximum absolute atomic E-state index is 6.01. The number of halogens is 1. The van der Waals surface area contributed by atoms with Gasteiger partial charge in [-0.15, -0.1) is 24.0 Å². The largest absolute Gasteiger partial charge is 0.468 e. The summed E-state index contributed by atoms with van der Waals surface area (Å²) < 4.78 is 5.63. The molecule has 1 aliphatic heterocycles. The molecule has 5 nitrogen and oxygen atoms in total. The van der Waals surface area contributed by atoms with Crippen LogP contribution in [0.5, 0.6) is 0 Å². The van der Waals surface area contributed by atoms with Crippen LogP contribution in [0.15, 0.2) is 27.8 Å². The molecule has 6 heteroatoms. The van der Waals surface area contributed by atoms with Gasteiger partial charge in [-0.25, -0.2) is 0 Å². The standard InChI is InChI=1S/C18H32N4O.HI/c1-2-3-4-6-11-20-18(19)21-15-16(17-10-9-14-23-17)22-12-7-5-8-13-22;/h9-10,14,16H,2-8,11-13,15H2,1H3,(H3,19,20,21);1H. The topological polar surface area (TPSA) is 66.8 Å². The van der Waals surface area contributed by atoms with Crippen LogP contribution < -0.4 is 11.1 Å². The number of nitrogens with two attached hydrogens (primary N) is 1. The van der Waals surface area contributed by atoms with Gasteiger partial charge in [-0.3, -0.25) is 9.89 Å². The molecule has 1 atom stereocenters. The number of piperidine rings is 1. The zero-order chi connectivity index (χ0) is 16.3. The number of furan rings is 1. The summed E-state index contributed by atoms with van der Waals surface area (Å²) in [5, 5.41) is 3.22. The van der Waals surface area contributed by atoms with Crippen molar-refractivity contribution in [2.45, 2.75) is 57.9 Å². The van der Waals surface area contributed by atoms with Crippen molar-refractivity contribution in [2.24, 2.45) is 10.7 Å². The van der Waals surface area contributed by atoms with E-state index in [2.05, 4.69) is 22.1 Å². The average Bonchev–Trinajstić information content (AvgIpc) is 3.10. The third-order valence-corrected chi connectivity index (χ3v) is 4.47. The van der Waals surface area contributed by atoms with E-state index >= 15 is 0 Å². The summed E-state index contributed by atoms with van der Waals surface area (Å²) in [4.78, 5) is 7.03. The number of nitrogens with one attached hydrogen (secondary N) is 1. The van der Waals surface area contributed by atoms with Crippen LogP contribution in [-0.4, -0.2) is 37.0 Å². The maximum Gasteiger partial charge on any atom is 0.188 e. The number of nitrogens with zero attached hydrogens (tertiary/aromatic N) is 2. The Morgan fingerprint density at radius 2 is 2.08 bits per heavy atom. The minimum atomic E-state index is 0. The van der Waals surface area contributed by atoms with Crippen LogP contribution in [0.4, 0.5) is 0 Å². The molecule has 1 aliphatic rings. The molecule has 1 unspecified atom stereocenters. The minimum Gasteiger partial charge on any atom is -0.468 e. The van der Waals surface area contributed by atoms with Crippen LogP contribution in [0.25, 0.3) is 0 Å². The fourth-order valence-corrected chi connectivity index (χ4v) is 3.11. The van der Waals surface area contributed by atoms with Gasteiger partial charge in [0.15, 0.2) is 5.96 Å². The molecule has 0 amide bonds. The van der Waals surface area contributed by atoms with Crippen molar-refractivity contribution in [1.29, 1.82) is 0 Å². The van der Waals surface area contributed by atoms with Gasteiger partial charge >= 0.3 is 0 Å². The van der Waals surface area contributed by atoms with Crippen molar-refractivity contribution < 1.29 is 4.42 Å². The first kappa shape index (κ1) is 21.3. The SMILES string of the molecule is CCCCCCNC(N)=NCC(c1ccco1)N1CCCCC1.I. The first-order valence-corrected chi connectivity index (χ1v) is 9.12. The molecule has 0 aliphatic carbocycles. The number of hydrogen-bond acceptors (Lipinski definition) is 3. The first-order chi connectivity index (χ1) is 11.3. The molecule has 0 bridgehead atoms. The molecule has 3 N–H and O–H groups in total. The zero-order valence-corrected chi connectivity index (χ0v) is 17.2. The van der Waals surface area contributed by atoms with Crippen molar-refractivity contribution in [3.8, 4) is 0 Å². The number of unbranched alkanes of at least 4 members (excludes halogenated alkanes) is 3. The Balaban J connectivity index is 0.00000288. The second-order valence-corrected chi connectivity index (χ2v) is 6.34. The molecule has 1 aromatic heterocycles. The van der Waals surface area contributed by atoms with Gasteiger partial charge in [0.1, 0.15) is 5.76 Å². The number of rotatable bonds is 9. The van der Waals surface area contributed by atoms with Crippen LogP contribution in [0.2, 0.25) is 0 Å². The summed E-state index contributed by atoms with van der Waals surface area (Å²) in [6, 6.07) is 4.19. The minimum absolute atomic E-state index is 0. The number of aliphatic imine (C=N–C) groups is 1. The Kier molecular flexibility index (Phi) is 11.2. The summed E-state index contributed by atoms with van der Waals surface area (Å²) in [5.41, 5.74) is 6.01. The quantitative estimate of drug-likeness (QED) is 0.260. The zero-order valence-electron chi connectivity index (χ0n) is 14.9. The molecule has 0 spiro atoms. The van der Waals surface area contributed by atoms with Gasteiger partial charge in [0, 0.05) is 6.54 Å². The fourth-order valence-electron chi connectivity index (χ4n) is 3.11. The van der Waals surface area contributed by atoms with Crippen LogP contribution in [-0.2, 0) is 0 Å². The molecular formula is C18H33IN4O. The summed E-state index contributed by atoms with van der Waals surface area (Å²) in [6.45, 7) is 6.01. The highest BCUT2D eigenvalue weighted by atomic mass is 127. The normalized spacial score (nSPS) is 17.3. The molecular weight excluding hydrogens is 415 g/mol. The predicted molar refractivity (Wildman–Crippen MR) is 111 cm³/mol. The lowest BCUT2D eigenvalue weighted by Crippen LogP contribution is -2.37. The summed E-state index contributed by atoms with van der Waals surface area (Å²) in [7, 11) is 0. The van der Waals surface area contributed by atoms with E-state index in [4.69, 9.17) is 10.2 Å². The fraction of sp³-hybridized carbons (Fsp3) is 0.722. The van der Waals surface area contributed by atoms with Crippen molar-refractivity contribution >= 4 is 29.9 Å². The second-order valence-electron chi connectivity index (χ2n) is 6.34. The van der Waals surface area contributed by atoms with Crippen molar-refractivity contribution in [2.75, 3.05) is 26.2 Å². The van der Waals surface area contributed by atoms with Crippen molar-refractivity contribution in [1.82, 2.24) is 10.2 Å². The van der Waals surface area contributed by atoms with E-state index in [0.717, 1.165) is 31.8 Å². The summed E-state index contributed by atoms with van der Waals surface area (Å²) in [6.07, 6.45) is 10.5. The van der Waals surface area contributed by atoms with Gasteiger partial charge in [-0.05, 0) is 44.5 Å². The van der Waals surface area contributed by atoms with Crippen molar-refractivity contribution in [3.05, 3.63) is 24.2 Å². The first-order valence-electron chi connectivity index (χ1n) is 9.12. The second kappa shape index (κ2) is 12.6. The molecule has 0 saturated carbocycles. The van der Waals surface area contributed by atoms with E-state index in [9.17, 15) is 0 Å².